The summed E-state index contributed by atoms with van der Waals surface area (Å²) < 4.78 is 7.17. The van der Waals surface area contributed by atoms with Crippen molar-refractivity contribution in [1.82, 2.24) is 29.7 Å². The minimum absolute atomic E-state index is 0.107. The number of aryl methyl sites for hydroxylation is 2. The van der Waals surface area contributed by atoms with Gasteiger partial charge in [-0.15, -0.1) is 0 Å². The summed E-state index contributed by atoms with van der Waals surface area (Å²) in [6.45, 7) is 11.3. The van der Waals surface area contributed by atoms with Crippen LogP contribution in [-0.4, -0.2) is 61.3 Å². The zero-order chi connectivity index (χ0) is 20.3. The zero-order valence-electron chi connectivity index (χ0n) is 17.7. The standard InChI is InChI=1S/C20H32N6O2/c1-14(2)10-20-21-19(23-28-20)7-9-26(16(4)27)18-6-8-25(13-18)12-17-11-24(5)22-15(17)3/h11,14,18H,6-10,12-13H2,1-5H3. The first kappa shape index (κ1) is 20.5. The highest BCUT2D eigenvalue weighted by Crippen LogP contribution is 2.20. The summed E-state index contributed by atoms with van der Waals surface area (Å²) in [4.78, 5) is 21.1. The van der Waals surface area contributed by atoms with E-state index in [9.17, 15) is 4.79 Å². The van der Waals surface area contributed by atoms with Gasteiger partial charge in [-0.05, 0) is 19.3 Å². The van der Waals surface area contributed by atoms with Gasteiger partial charge in [0, 0.05) is 70.8 Å². The molecular weight excluding hydrogens is 356 g/mol. The Bertz CT molecular complexity index is 796. The monoisotopic (exact) mass is 388 g/mol. The Balaban J connectivity index is 1.55. The first-order chi connectivity index (χ1) is 13.3. The second-order valence-electron chi connectivity index (χ2n) is 8.26. The number of likely N-dealkylation sites (tertiary alicyclic amines) is 1. The average Bonchev–Trinajstić information content (AvgIpc) is 3.30. The Labute approximate surface area is 166 Å². The van der Waals surface area contributed by atoms with Crippen LogP contribution < -0.4 is 0 Å². The van der Waals surface area contributed by atoms with E-state index in [1.54, 1.807) is 6.92 Å². The van der Waals surface area contributed by atoms with Gasteiger partial charge in [0.1, 0.15) is 0 Å². The molecule has 0 radical (unpaired) electrons. The van der Waals surface area contributed by atoms with Crippen LogP contribution in [0.5, 0.6) is 0 Å². The molecule has 8 heteroatoms. The minimum Gasteiger partial charge on any atom is -0.339 e. The van der Waals surface area contributed by atoms with Crippen molar-refractivity contribution >= 4 is 5.91 Å². The van der Waals surface area contributed by atoms with Gasteiger partial charge in [-0.2, -0.15) is 10.1 Å². The number of carbonyl (C=O) groups is 1. The molecule has 0 bridgehead atoms. The van der Waals surface area contributed by atoms with Crippen LogP contribution in [0.1, 0.15) is 50.2 Å². The molecule has 2 aromatic rings. The quantitative estimate of drug-likeness (QED) is 0.688. The van der Waals surface area contributed by atoms with Crippen molar-refractivity contribution in [3.8, 4) is 0 Å². The molecular formula is C20H32N6O2. The van der Waals surface area contributed by atoms with E-state index in [2.05, 4.69) is 40.2 Å². The van der Waals surface area contributed by atoms with E-state index in [4.69, 9.17) is 4.52 Å². The predicted octanol–water partition coefficient (Wildman–Crippen LogP) is 1.98. The summed E-state index contributed by atoms with van der Waals surface area (Å²) in [7, 11) is 1.95. The van der Waals surface area contributed by atoms with E-state index in [1.807, 2.05) is 23.6 Å². The molecule has 1 aliphatic rings. The fraction of sp³-hybridized carbons (Fsp3) is 0.700. The molecule has 1 unspecified atom stereocenters. The number of rotatable bonds is 8. The number of nitrogens with zero attached hydrogens (tertiary/aromatic N) is 6. The van der Waals surface area contributed by atoms with Crippen molar-refractivity contribution in [3.05, 3.63) is 29.2 Å². The molecule has 0 aliphatic carbocycles. The molecule has 1 atom stereocenters. The predicted molar refractivity (Wildman–Crippen MR) is 106 cm³/mol. The molecule has 0 saturated carbocycles. The Kier molecular flexibility index (Phi) is 6.49. The first-order valence-corrected chi connectivity index (χ1v) is 10.1. The maximum absolute atomic E-state index is 12.3. The summed E-state index contributed by atoms with van der Waals surface area (Å²) >= 11 is 0. The molecule has 3 rings (SSSR count). The van der Waals surface area contributed by atoms with Gasteiger partial charge in [-0.25, -0.2) is 0 Å². The molecule has 1 fully saturated rings. The lowest BCUT2D eigenvalue weighted by Gasteiger charge is -2.27. The van der Waals surface area contributed by atoms with Crippen LogP contribution in [0.2, 0.25) is 0 Å². The van der Waals surface area contributed by atoms with Crippen molar-refractivity contribution in [1.29, 1.82) is 0 Å². The number of hydrogen-bond donors (Lipinski definition) is 0. The first-order valence-electron chi connectivity index (χ1n) is 10.1. The third-order valence-electron chi connectivity index (χ3n) is 5.27. The molecule has 2 aromatic heterocycles. The molecule has 28 heavy (non-hydrogen) atoms. The van der Waals surface area contributed by atoms with Gasteiger partial charge in [0.25, 0.3) is 0 Å². The maximum Gasteiger partial charge on any atom is 0.226 e. The van der Waals surface area contributed by atoms with Gasteiger partial charge in [0.2, 0.25) is 11.8 Å². The van der Waals surface area contributed by atoms with Crippen molar-refractivity contribution < 1.29 is 9.32 Å². The summed E-state index contributed by atoms with van der Waals surface area (Å²) in [5, 5.41) is 8.49. The van der Waals surface area contributed by atoms with E-state index in [0.29, 0.717) is 30.6 Å². The van der Waals surface area contributed by atoms with Gasteiger partial charge in [0.05, 0.1) is 5.69 Å². The number of aromatic nitrogens is 4. The topological polar surface area (TPSA) is 80.3 Å². The molecule has 154 valence electrons. The number of hydrogen-bond acceptors (Lipinski definition) is 6. The average molecular weight is 389 g/mol. The lowest BCUT2D eigenvalue weighted by molar-refractivity contribution is -0.130. The van der Waals surface area contributed by atoms with E-state index >= 15 is 0 Å². The highest BCUT2D eigenvalue weighted by atomic mass is 16.5. The summed E-state index contributed by atoms with van der Waals surface area (Å²) in [5.41, 5.74) is 2.32. The fourth-order valence-electron chi connectivity index (χ4n) is 3.90. The summed E-state index contributed by atoms with van der Waals surface area (Å²) in [6, 6.07) is 0.233. The molecule has 3 heterocycles. The molecule has 0 spiro atoms. The van der Waals surface area contributed by atoms with Crippen molar-refractivity contribution in [3.63, 3.8) is 0 Å². The van der Waals surface area contributed by atoms with E-state index < -0.39 is 0 Å². The van der Waals surface area contributed by atoms with Crippen LogP contribution >= 0.6 is 0 Å². The van der Waals surface area contributed by atoms with Crippen molar-refractivity contribution in [2.45, 2.75) is 59.5 Å². The Morgan fingerprint density at radius 3 is 2.86 bits per heavy atom. The SMILES string of the molecule is CC(=O)N(CCc1noc(CC(C)C)n1)C1CCN(Cc2cn(C)nc2C)C1. The smallest absolute Gasteiger partial charge is 0.226 e. The van der Waals surface area contributed by atoms with Crippen LogP contribution in [0, 0.1) is 12.8 Å². The van der Waals surface area contributed by atoms with Crippen LogP contribution in [0.3, 0.4) is 0 Å². The zero-order valence-corrected chi connectivity index (χ0v) is 17.7. The van der Waals surface area contributed by atoms with E-state index in [-0.39, 0.29) is 11.9 Å². The third-order valence-corrected chi connectivity index (χ3v) is 5.27. The largest absolute Gasteiger partial charge is 0.339 e. The minimum atomic E-state index is 0.107. The summed E-state index contributed by atoms with van der Waals surface area (Å²) in [6.07, 6.45) is 4.48. The maximum atomic E-state index is 12.3. The molecule has 1 aliphatic heterocycles. The lowest BCUT2D eigenvalue weighted by Crippen LogP contribution is -2.42. The van der Waals surface area contributed by atoms with Crippen LogP contribution in [0.15, 0.2) is 10.7 Å². The van der Waals surface area contributed by atoms with Crippen LogP contribution in [-0.2, 0) is 31.2 Å². The lowest BCUT2D eigenvalue weighted by atomic mass is 10.1. The number of amides is 1. The van der Waals surface area contributed by atoms with Crippen molar-refractivity contribution in [2.75, 3.05) is 19.6 Å². The molecule has 8 nitrogen and oxygen atoms in total. The molecule has 1 saturated heterocycles. The van der Waals surface area contributed by atoms with Gasteiger partial charge in [0.15, 0.2) is 5.82 Å². The van der Waals surface area contributed by atoms with Crippen LogP contribution in [0.4, 0.5) is 0 Å². The Morgan fingerprint density at radius 2 is 2.21 bits per heavy atom. The molecule has 0 aromatic carbocycles. The van der Waals surface area contributed by atoms with Gasteiger partial charge >= 0.3 is 0 Å². The van der Waals surface area contributed by atoms with Crippen molar-refractivity contribution in [2.24, 2.45) is 13.0 Å². The highest BCUT2D eigenvalue weighted by molar-refractivity contribution is 5.73. The number of carbonyl (C=O) groups excluding carboxylic acids is 1. The molecule has 0 N–H and O–H groups in total. The second kappa shape index (κ2) is 8.86. The van der Waals surface area contributed by atoms with Gasteiger partial charge in [-0.1, -0.05) is 19.0 Å². The highest BCUT2D eigenvalue weighted by Gasteiger charge is 2.29. The Hall–Kier alpha value is -2.22. The Morgan fingerprint density at radius 1 is 1.43 bits per heavy atom. The van der Waals surface area contributed by atoms with E-state index in [1.165, 1.54) is 5.56 Å². The normalized spacial score (nSPS) is 17.6. The van der Waals surface area contributed by atoms with Crippen LogP contribution in [0.25, 0.3) is 0 Å². The van der Waals surface area contributed by atoms with Gasteiger partial charge < -0.3 is 9.42 Å². The third kappa shape index (κ3) is 5.19. The van der Waals surface area contributed by atoms with E-state index in [0.717, 1.165) is 38.2 Å². The van der Waals surface area contributed by atoms with Gasteiger partial charge in [-0.3, -0.25) is 14.4 Å². The summed E-state index contributed by atoms with van der Waals surface area (Å²) in [5.74, 6) is 1.95. The fourth-order valence-corrected chi connectivity index (χ4v) is 3.90. The molecule has 1 amide bonds. The second-order valence-corrected chi connectivity index (χ2v) is 8.26.